The van der Waals surface area contributed by atoms with E-state index in [1.54, 1.807) is 29.2 Å². The normalized spacial score (nSPS) is 25.3. The van der Waals surface area contributed by atoms with Crippen molar-refractivity contribution >= 4 is 44.3 Å². The predicted molar refractivity (Wildman–Crippen MR) is 98.6 cm³/mol. The van der Waals surface area contributed by atoms with Gasteiger partial charge >= 0.3 is 5.97 Å². The van der Waals surface area contributed by atoms with Crippen molar-refractivity contribution in [1.29, 1.82) is 0 Å². The van der Waals surface area contributed by atoms with E-state index in [2.05, 4.69) is 4.99 Å². The third-order valence-corrected chi connectivity index (χ3v) is 7.39. The van der Waals surface area contributed by atoms with Gasteiger partial charge in [0.2, 0.25) is 5.91 Å². The van der Waals surface area contributed by atoms with Gasteiger partial charge < -0.3 is 14.7 Å². The number of thioether (sulfide) groups is 1. The van der Waals surface area contributed by atoms with Crippen LogP contribution >= 0.6 is 11.8 Å². The quantitative estimate of drug-likeness (QED) is 0.786. The zero-order chi connectivity index (χ0) is 18.9. The lowest BCUT2D eigenvalue weighted by atomic mass is 10.2. The molecule has 2 saturated heterocycles. The Bertz CT molecular complexity index is 867. The number of ether oxygens (including phenoxy) is 1. The average molecular weight is 398 g/mol. The number of aliphatic imine (C=N–C) groups is 1. The summed E-state index contributed by atoms with van der Waals surface area (Å²) in [5, 5.41) is 8.87. The number of sulfone groups is 1. The van der Waals surface area contributed by atoms with Crippen LogP contribution in [0.2, 0.25) is 0 Å². The molecule has 0 aliphatic carbocycles. The number of fused-ring (bicyclic) bond motifs is 1. The molecule has 0 saturated carbocycles. The van der Waals surface area contributed by atoms with Gasteiger partial charge in [-0.25, -0.2) is 8.42 Å². The predicted octanol–water partition coefficient (Wildman–Crippen LogP) is 1.16. The third kappa shape index (κ3) is 3.85. The number of anilines is 1. The van der Waals surface area contributed by atoms with E-state index in [4.69, 9.17) is 9.84 Å². The lowest BCUT2D eigenvalue weighted by Crippen LogP contribution is -2.38. The highest BCUT2D eigenvalue weighted by molar-refractivity contribution is 8.16. The van der Waals surface area contributed by atoms with E-state index in [9.17, 15) is 18.0 Å². The molecule has 2 aliphatic rings. The summed E-state index contributed by atoms with van der Waals surface area (Å²) in [6.45, 7) is 0. The van der Waals surface area contributed by atoms with Crippen LogP contribution in [0.1, 0.15) is 12.8 Å². The first-order chi connectivity index (χ1) is 12.3. The number of benzene rings is 1. The van der Waals surface area contributed by atoms with Crippen molar-refractivity contribution in [2.75, 3.05) is 23.5 Å². The van der Waals surface area contributed by atoms with E-state index in [-0.39, 0.29) is 35.6 Å². The van der Waals surface area contributed by atoms with Crippen molar-refractivity contribution in [3.8, 4) is 5.75 Å². The smallest absolute Gasteiger partial charge is 0.303 e. The second-order valence-corrected chi connectivity index (χ2v) is 9.38. The maximum atomic E-state index is 12.0. The summed E-state index contributed by atoms with van der Waals surface area (Å²) in [5.74, 6) is -1.06. The number of hydrogen-bond acceptors (Lipinski definition) is 6. The van der Waals surface area contributed by atoms with Gasteiger partial charge in [-0.3, -0.25) is 9.59 Å². The lowest BCUT2D eigenvalue weighted by Gasteiger charge is -2.26. The first-order valence-electron chi connectivity index (χ1n) is 7.93. The number of para-hydroxylation sites is 2. The number of amidine groups is 1. The molecule has 0 bridgehead atoms. The van der Waals surface area contributed by atoms with Gasteiger partial charge in [-0.05, 0) is 12.1 Å². The SMILES string of the molecule is COc1ccccc1N1C(=NC(=O)CCC(=O)O)S[C@@H]2CS(=O)(=O)C[C@H]21. The number of methoxy groups -OCH3 is 1. The Kier molecular flexibility index (Phi) is 5.24. The monoisotopic (exact) mass is 398 g/mol. The molecule has 10 heteroatoms. The second-order valence-electron chi connectivity index (χ2n) is 6.02. The molecular formula is C16H18N2O6S2. The molecule has 8 nitrogen and oxygen atoms in total. The van der Waals surface area contributed by atoms with Crippen LogP contribution in [0.25, 0.3) is 0 Å². The molecule has 1 amide bonds. The molecule has 2 atom stereocenters. The Balaban J connectivity index is 1.96. The number of rotatable bonds is 5. The van der Waals surface area contributed by atoms with Gasteiger partial charge in [0.25, 0.3) is 0 Å². The van der Waals surface area contributed by atoms with Crippen molar-refractivity contribution in [1.82, 2.24) is 0 Å². The second kappa shape index (κ2) is 7.28. The van der Waals surface area contributed by atoms with Gasteiger partial charge in [-0.1, -0.05) is 23.9 Å². The summed E-state index contributed by atoms with van der Waals surface area (Å²) in [7, 11) is -1.65. The first kappa shape index (κ1) is 18.7. The topological polar surface area (TPSA) is 113 Å². The summed E-state index contributed by atoms with van der Waals surface area (Å²) in [6.07, 6.45) is -0.497. The van der Waals surface area contributed by atoms with Gasteiger partial charge in [-0.2, -0.15) is 4.99 Å². The van der Waals surface area contributed by atoms with E-state index in [1.807, 2.05) is 0 Å². The average Bonchev–Trinajstić information content (AvgIpc) is 3.03. The van der Waals surface area contributed by atoms with Crippen LogP contribution in [0, 0.1) is 0 Å². The highest BCUT2D eigenvalue weighted by Crippen LogP contribution is 2.43. The Morgan fingerprint density at radius 2 is 2.04 bits per heavy atom. The van der Waals surface area contributed by atoms with Crippen LogP contribution in [0.3, 0.4) is 0 Å². The maximum Gasteiger partial charge on any atom is 0.303 e. The van der Waals surface area contributed by atoms with Crippen LogP contribution in [-0.4, -0.2) is 60.5 Å². The summed E-state index contributed by atoms with van der Waals surface area (Å²) in [4.78, 5) is 28.5. The molecule has 2 aliphatic heterocycles. The minimum atomic E-state index is -3.16. The molecule has 140 valence electrons. The molecule has 0 unspecified atom stereocenters. The van der Waals surface area contributed by atoms with E-state index in [1.165, 1.54) is 18.9 Å². The molecule has 1 N–H and O–H groups in total. The number of carbonyl (C=O) groups excluding carboxylic acids is 1. The third-order valence-electron chi connectivity index (χ3n) is 4.18. The number of amides is 1. The van der Waals surface area contributed by atoms with Gasteiger partial charge in [0.15, 0.2) is 15.0 Å². The van der Waals surface area contributed by atoms with Crippen molar-refractivity contribution < 1.29 is 27.9 Å². The Hall–Kier alpha value is -2.07. The van der Waals surface area contributed by atoms with Crippen LogP contribution in [0.4, 0.5) is 5.69 Å². The molecule has 3 rings (SSSR count). The number of hydrogen-bond donors (Lipinski definition) is 1. The fourth-order valence-corrected chi connectivity index (χ4v) is 6.98. The van der Waals surface area contributed by atoms with Crippen LogP contribution in [0.15, 0.2) is 29.3 Å². The Morgan fingerprint density at radius 3 is 2.73 bits per heavy atom. The molecule has 1 aromatic rings. The zero-order valence-electron chi connectivity index (χ0n) is 14.0. The number of carbonyl (C=O) groups is 2. The number of aliphatic carboxylic acids is 1. The molecule has 2 heterocycles. The highest BCUT2D eigenvalue weighted by atomic mass is 32.2. The van der Waals surface area contributed by atoms with Gasteiger partial charge in [0, 0.05) is 11.7 Å². The standard InChI is InChI=1S/C16H18N2O6S2/c1-24-12-5-3-2-4-10(12)18-11-8-26(22,23)9-13(11)25-16(18)17-14(19)6-7-15(20)21/h2-5,11,13H,6-9H2,1H3,(H,20,21)/t11-,13-/m1/s1. The highest BCUT2D eigenvalue weighted by Gasteiger charge is 2.49. The Labute approximate surface area is 155 Å². The van der Waals surface area contributed by atoms with Crippen LogP contribution < -0.4 is 9.64 Å². The summed E-state index contributed by atoms with van der Waals surface area (Å²) in [6, 6.07) is 6.78. The molecule has 1 aromatic carbocycles. The maximum absolute atomic E-state index is 12.0. The Morgan fingerprint density at radius 1 is 1.31 bits per heavy atom. The van der Waals surface area contributed by atoms with E-state index >= 15 is 0 Å². The number of nitrogens with zero attached hydrogens (tertiary/aromatic N) is 2. The summed E-state index contributed by atoms with van der Waals surface area (Å²) in [5.41, 5.74) is 0.636. The van der Waals surface area contributed by atoms with Crippen molar-refractivity contribution in [3.05, 3.63) is 24.3 Å². The fourth-order valence-electron chi connectivity index (χ4n) is 3.05. The summed E-state index contributed by atoms with van der Waals surface area (Å²) < 4.78 is 29.4. The van der Waals surface area contributed by atoms with Crippen LogP contribution in [-0.2, 0) is 19.4 Å². The van der Waals surface area contributed by atoms with Gasteiger partial charge in [0.05, 0.1) is 36.8 Å². The molecule has 2 fully saturated rings. The molecular weight excluding hydrogens is 380 g/mol. The number of carboxylic acids is 1. The van der Waals surface area contributed by atoms with Crippen LogP contribution in [0.5, 0.6) is 5.75 Å². The lowest BCUT2D eigenvalue weighted by molar-refractivity contribution is -0.138. The molecule has 0 aromatic heterocycles. The van der Waals surface area contributed by atoms with Crippen molar-refractivity contribution in [2.24, 2.45) is 4.99 Å². The fraction of sp³-hybridized carbons (Fsp3) is 0.438. The number of carboxylic acid groups (broad SMARTS) is 1. The minimum absolute atomic E-state index is 0.0228. The van der Waals surface area contributed by atoms with E-state index in [0.29, 0.717) is 16.6 Å². The minimum Gasteiger partial charge on any atom is -0.495 e. The van der Waals surface area contributed by atoms with Gasteiger partial charge in [-0.15, -0.1) is 0 Å². The molecule has 26 heavy (non-hydrogen) atoms. The van der Waals surface area contributed by atoms with E-state index < -0.39 is 21.7 Å². The molecule has 0 radical (unpaired) electrons. The zero-order valence-corrected chi connectivity index (χ0v) is 15.6. The van der Waals surface area contributed by atoms with Crippen molar-refractivity contribution in [3.63, 3.8) is 0 Å². The first-order valence-corrected chi connectivity index (χ1v) is 10.6. The van der Waals surface area contributed by atoms with E-state index in [0.717, 1.165) is 0 Å². The van der Waals surface area contributed by atoms with Crippen molar-refractivity contribution in [2.45, 2.75) is 24.1 Å². The molecule has 0 spiro atoms. The van der Waals surface area contributed by atoms with Gasteiger partial charge in [0.1, 0.15) is 5.75 Å². The summed E-state index contributed by atoms with van der Waals surface area (Å²) >= 11 is 1.24. The largest absolute Gasteiger partial charge is 0.495 e.